The summed E-state index contributed by atoms with van der Waals surface area (Å²) in [4.78, 5) is 16.7. The van der Waals surface area contributed by atoms with Crippen molar-refractivity contribution in [1.82, 2.24) is 9.38 Å². The number of hydrogen-bond acceptors (Lipinski definition) is 3. The molecule has 18 heavy (non-hydrogen) atoms. The van der Waals surface area contributed by atoms with Gasteiger partial charge in [-0.1, -0.05) is 12.1 Å². The molecular formula is C13H10N2O2S. The Morgan fingerprint density at radius 2 is 2.22 bits per heavy atom. The molecular weight excluding hydrogens is 248 g/mol. The zero-order valence-electron chi connectivity index (χ0n) is 9.41. The minimum Gasteiger partial charge on any atom is -0.477 e. The van der Waals surface area contributed by atoms with E-state index in [4.69, 9.17) is 0 Å². The first-order chi connectivity index (χ1) is 8.75. The minimum atomic E-state index is -0.939. The van der Waals surface area contributed by atoms with Gasteiger partial charge in [0.1, 0.15) is 11.5 Å². The molecule has 1 N–H and O–H groups in total. The Morgan fingerprint density at radius 3 is 2.94 bits per heavy atom. The largest absolute Gasteiger partial charge is 0.477 e. The van der Waals surface area contributed by atoms with Crippen LogP contribution in [0.5, 0.6) is 0 Å². The van der Waals surface area contributed by atoms with Gasteiger partial charge in [0.15, 0.2) is 0 Å². The summed E-state index contributed by atoms with van der Waals surface area (Å²) in [5.74, 6) is -0.184. The number of nitrogens with zero attached hydrogens (tertiary/aromatic N) is 2. The molecule has 0 amide bonds. The molecule has 3 aromatic heterocycles. The number of hydrogen-bond donors (Lipinski definition) is 1. The van der Waals surface area contributed by atoms with Crippen LogP contribution in [0.3, 0.4) is 0 Å². The molecule has 0 fully saturated rings. The van der Waals surface area contributed by atoms with Crippen LogP contribution in [0.2, 0.25) is 0 Å². The van der Waals surface area contributed by atoms with Crippen LogP contribution >= 0.6 is 11.3 Å². The zero-order valence-corrected chi connectivity index (χ0v) is 10.2. The van der Waals surface area contributed by atoms with Crippen molar-refractivity contribution in [2.75, 3.05) is 0 Å². The Labute approximate surface area is 107 Å². The molecule has 0 radical (unpaired) electrons. The van der Waals surface area contributed by atoms with Crippen LogP contribution in [0, 0.1) is 0 Å². The van der Waals surface area contributed by atoms with Crippen molar-refractivity contribution >= 4 is 22.8 Å². The predicted molar refractivity (Wildman–Crippen MR) is 69.3 cm³/mol. The van der Waals surface area contributed by atoms with E-state index in [1.165, 1.54) is 4.88 Å². The van der Waals surface area contributed by atoms with Crippen molar-refractivity contribution in [1.29, 1.82) is 0 Å². The lowest BCUT2D eigenvalue weighted by Gasteiger charge is -2.04. The lowest BCUT2D eigenvalue weighted by Crippen LogP contribution is -2.07. The van der Waals surface area contributed by atoms with Gasteiger partial charge in [0, 0.05) is 11.3 Å². The molecule has 0 saturated carbocycles. The van der Waals surface area contributed by atoms with Crippen molar-refractivity contribution in [2.45, 2.75) is 6.42 Å². The molecule has 0 bridgehead atoms. The van der Waals surface area contributed by atoms with Crippen LogP contribution in [0.1, 0.15) is 21.2 Å². The van der Waals surface area contributed by atoms with Gasteiger partial charge in [0.2, 0.25) is 0 Å². The maximum Gasteiger partial charge on any atom is 0.352 e. The van der Waals surface area contributed by atoms with E-state index in [1.807, 2.05) is 23.6 Å². The number of carboxylic acid groups (broad SMARTS) is 1. The van der Waals surface area contributed by atoms with Crippen LogP contribution < -0.4 is 0 Å². The quantitative estimate of drug-likeness (QED) is 0.785. The standard InChI is InChI=1S/C13H10N2O2S/c16-13(17)11-5-1-3-9-8-14-12(15(9)11)7-10-4-2-6-18-10/h1-6,8H,7H2,(H,16,17). The molecule has 0 aliphatic heterocycles. The third-order valence-corrected chi connectivity index (χ3v) is 3.63. The fourth-order valence-electron chi connectivity index (χ4n) is 1.97. The maximum atomic E-state index is 11.2. The van der Waals surface area contributed by atoms with Crippen LogP contribution in [0.4, 0.5) is 0 Å². The number of fused-ring (bicyclic) bond motifs is 1. The number of carbonyl (C=O) groups is 1. The number of rotatable bonds is 3. The summed E-state index contributed by atoms with van der Waals surface area (Å²) < 4.78 is 1.70. The molecule has 4 nitrogen and oxygen atoms in total. The molecule has 0 spiro atoms. The van der Waals surface area contributed by atoms with E-state index in [-0.39, 0.29) is 5.69 Å². The number of imidazole rings is 1. The van der Waals surface area contributed by atoms with Crippen LogP contribution in [-0.4, -0.2) is 20.5 Å². The molecule has 3 rings (SSSR count). The first kappa shape index (κ1) is 11.0. The topological polar surface area (TPSA) is 54.6 Å². The Hall–Kier alpha value is -2.14. The Morgan fingerprint density at radius 1 is 1.33 bits per heavy atom. The number of aromatic nitrogens is 2. The van der Waals surface area contributed by atoms with Gasteiger partial charge in [-0.25, -0.2) is 9.78 Å². The fourth-order valence-corrected chi connectivity index (χ4v) is 2.68. The third kappa shape index (κ3) is 1.78. The third-order valence-electron chi connectivity index (χ3n) is 2.76. The summed E-state index contributed by atoms with van der Waals surface area (Å²) in [6.45, 7) is 0. The fraction of sp³-hybridized carbons (Fsp3) is 0.0769. The van der Waals surface area contributed by atoms with Gasteiger partial charge in [-0.3, -0.25) is 4.40 Å². The molecule has 90 valence electrons. The number of thiophene rings is 1. The summed E-state index contributed by atoms with van der Waals surface area (Å²) >= 11 is 1.64. The normalized spacial score (nSPS) is 10.9. The van der Waals surface area contributed by atoms with Gasteiger partial charge < -0.3 is 5.11 Å². The van der Waals surface area contributed by atoms with E-state index in [9.17, 15) is 9.90 Å². The second kappa shape index (κ2) is 4.27. The minimum absolute atomic E-state index is 0.247. The Kier molecular flexibility index (Phi) is 2.60. The van der Waals surface area contributed by atoms with Crippen molar-refractivity contribution in [3.63, 3.8) is 0 Å². The summed E-state index contributed by atoms with van der Waals surface area (Å²) in [5, 5.41) is 11.2. The molecule has 0 aliphatic rings. The van der Waals surface area contributed by atoms with Gasteiger partial charge in [-0.05, 0) is 23.6 Å². The van der Waals surface area contributed by atoms with Crippen LogP contribution in [0.25, 0.3) is 5.52 Å². The van der Waals surface area contributed by atoms with Gasteiger partial charge in [0.05, 0.1) is 11.7 Å². The van der Waals surface area contributed by atoms with E-state index in [0.717, 1.165) is 11.3 Å². The lowest BCUT2D eigenvalue weighted by molar-refractivity contribution is 0.0688. The molecule has 3 heterocycles. The Bertz CT molecular complexity index is 701. The van der Waals surface area contributed by atoms with Crippen molar-refractivity contribution in [3.8, 4) is 0 Å². The second-order valence-electron chi connectivity index (χ2n) is 3.91. The van der Waals surface area contributed by atoms with Gasteiger partial charge >= 0.3 is 5.97 Å². The van der Waals surface area contributed by atoms with Crippen LogP contribution in [-0.2, 0) is 6.42 Å². The highest BCUT2D eigenvalue weighted by Crippen LogP contribution is 2.17. The van der Waals surface area contributed by atoms with E-state index < -0.39 is 5.97 Å². The van der Waals surface area contributed by atoms with Gasteiger partial charge in [0.25, 0.3) is 0 Å². The van der Waals surface area contributed by atoms with Gasteiger partial charge in [-0.15, -0.1) is 11.3 Å². The molecule has 0 saturated heterocycles. The molecule has 0 aromatic carbocycles. The SMILES string of the molecule is O=C(O)c1cccc2cnc(Cc3cccs3)n12. The van der Waals surface area contributed by atoms with Gasteiger partial charge in [-0.2, -0.15) is 0 Å². The smallest absolute Gasteiger partial charge is 0.352 e. The monoisotopic (exact) mass is 258 g/mol. The number of carboxylic acids is 1. The zero-order chi connectivity index (χ0) is 12.5. The average molecular weight is 258 g/mol. The lowest BCUT2D eigenvalue weighted by atomic mass is 10.3. The average Bonchev–Trinajstić information content (AvgIpc) is 2.99. The molecule has 3 aromatic rings. The van der Waals surface area contributed by atoms with Crippen molar-refractivity contribution in [3.05, 3.63) is 58.3 Å². The summed E-state index contributed by atoms with van der Waals surface area (Å²) in [7, 11) is 0. The van der Waals surface area contributed by atoms with E-state index >= 15 is 0 Å². The molecule has 0 aliphatic carbocycles. The van der Waals surface area contributed by atoms with Crippen molar-refractivity contribution in [2.24, 2.45) is 0 Å². The highest BCUT2D eigenvalue weighted by atomic mass is 32.1. The van der Waals surface area contributed by atoms with Crippen LogP contribution in [0.15, 0.2) is 41.9 Å². The van der Waals surface area contributed by atoms with E-state index in [2.05, 4.69) is 4.98 Å². The summed E-state index contributed by atoms with van der Waals surface area (Å²) in [5.41, 5.74) is 1.05. The first-order valence-corrected chi connectivity index (χ1v) is 6.34. The van der Waals surface area contributed by atoms with E-state index in [0.29, 0.717) is 6.42 Å². The van der Waals surface area contributed by atoms with E-state index in [1.54, 1.807) is 34.1 Å². The predicted octanol–water partition coefficient (Wildman–Crippen LogP) is 2.68. The maximum absolute atomic E-state index is 11.2. The second-order valence-corrected chi connectivity index (χ2v) is 4.94. The first-order valence-electron chi connectivity index (χ1n) is 5.47. The number of aromatic carboxylic acids is 1. The molecule has 0 unspecified atom stereocenters. The number of pyridine rings is 1. The Balaban J connectivity index is 2.15. The highest BCUT2D eigenvalue weighted by molar-refractivity contribution is 7.09. The highest BCUT2D eigenvalue weighted by Gasteiger charge is 2.13. The molecule has 5 heteroatoms. The van der Waals surface area contributed by atoms with Crippen molar-refractivity contribution < 1.29 is 9.90 Å². The molecule has 0 atom stereocenters. The summed E-state index contributed by atoms with van der Waals surface area (Å²) in [6, 6.07) is 9.19. The summed E-state index contributed by atoms with van der Waals surface area (Å²) in [6.07, 6.45) is 2.35.